The fourth-order valence-corrected chi connectivity index (χ4v) is 3.72. The van der Waals surface area contributed by atoms with Gasteiger partial charge in [0.2, 0.25) is 0 Å². The molecule has 1 aliphatic carbocycles. The average molecular weight is 254 g/mol. The highest BCUT2D eigenvalue weighted by molar-refractivity contribution is 4.83. The maximum atomic E-state index is 5.26. The van der Waals surface area contributed by atoms with Gasteiger partial charge in [-0.05, 0) is 70.6 Å². The maximum absolute atomic E-state index is 5.26. The Hall–Kier alpha value is -0.120. The van der Waals surface area contributed by atoms with Crippen molar-refractivity contribution in [3.63, 3.8) is 0 Å². The van der Waals surface area contributed by atoms with E-state index >= 15 is 0 Å². The second-order valence-electron chi connectivity index (χ2n) is 6.12. The van der Waals surface area contributed by atoms with Crippen molar-refractivity contribution in [1.82, 2.24) is 10.2 Å². The van der Waals surface area contributed by atoms with Crippen LogP contribution in [0.2, 0.25) is 0 Å². The summed E-state index contributed by atoms with van der Waals surface area (Å²) in [4.78, 5) is 2.66. The van der Waals surface area contributed by atoms with Crippen molar-refractivity contribution in [1.29, 1.82) is 0 Å². The zero-order valence-corrected chi connectivity index (χ0v) is 12.2. The van der Waals surface area contributed by atoms with E-state index in [-0.39, 0.29) is 0 Å². The molecule has 2 rings (SSSR count). The fraction of sp³-hybridized carbons (Fsp3) is 1.00. The third kappa shape index (κ3) is 3.94. The maximum Gasteiger partial charge on any atom is 0.0491 e. The summed E-state index contributed by atoms with van der Waals surface area (Å²) in [6, 6.07) is 0.788. The summed E-state index contributed by atoms with van der Waals surface area (Å²) in [5.41, 5.74) is 0. The van der Waals surface area contributed by atoms with Gasteiger partial charge in [0.1, 0.15) is 0 Å². The van der Waals surface area contributed by atoms with Crippen LogP contribution in [0.5, 0.6) is 0 Å². The first-order chi connectivity index (χ1) is 8.83. The van der Waals surface area contributed by atoms with Gasteiger partial charge in [-0.25, -0.2) is 0 Å². The van der Waals surface area contributed by atoms with E-state index in [2.05, 4.69) is 17.3 Å². The third-order valence-corrected chi connectivity index (χ3v) is 4.96. The normalized spacial score (nSPS) is 31.0. The van der Waals surface area contributed by atoms with E-state index in [9.17, 15) is 0 Å². The highest BCUT2D eigenvalue weighted by atomic mass is 16.5. The third-order valence-electron chi connectivity index (χ3n) is 4.96. The number of methoxy groups -OCH3 is 1. The Morgan fingerprint density at radius 3 is 2.61 bits per heavy atom. The molecule has 1 saturated heterocycles. The molecule has 1 heterocycles. The van der Waals surface area contributed by atoms with Crippen molar-refractivity contribution in [2.45, 2.75) is 44.6 Å². The van der Waals surface area contributed by atoms with Crippen molar-refractivity contribution < 1.29 is 4.74 Å². The summed E-state index contributed by atoms with van der Waals surface area (Å²) in [5.74, 6) is 1.73. The first kappa shape index (κ1) is 14.3. The van der Waals surface area contributed by atoms with Crippen LogP contribution < -0.4 is 5.32 Å². The molecule has 2 unspecified atom stereocenters. The highest BCUT2D eigenvalue weighted by Gasteiger charge is 2.26. The second kappa shape index (κ2) is 7.46. The monoisotopic (exact) mass is 254 g/mol. The molecule has 3 nitrogen and oxygen atoms in total. The van der Waals surface area contributed by atoms with Crippen LogP contribution in [0.1, 0.15) is 38.5 Å². The number of nitrogens with zero attached hydrogens (tertiary/aromatic N) is 1. The molecule has 0 amide bonds. The Labute approximate surface area is 112 Å². The molecule has 0 aromatic carbocycles. The standard InChI is InChI=1S/C15H30N2O/c1-16-15-5-3-4-14(15)8-11-17-9-6-13(7-10-17)12-18-2/h13-16H,3-12H2,1-2H3. The van der Waals surface area contributed by atoms with Crippen LogP contribution in [0, 0.1) is 11.8 Å². The Morgan fingerprint density at radius 2 is 1.94 bits per heavy atom. The van der Waals surface area contributed by atoms with E-state index in [1.165, 1.54) is 58.2 Å². The number of nitrogens with one attached hydrogen (secondary N) is 1. The van der Waals surface area contributed by atoms with Gasteiger partial charge in [-0.1, -0.05) is 6.42 Å². The zero-order chi connectivity index (χ0) is 12.8. The van der Waals surface area contributed by atoms with Crippen molar-refractivity contribution in [3.05, 3.63) is 0 Å². The Bertz CT molecular complexity index is 227. The topological polar surface area (TPSA) is 24.5 Å². The van der Waals surface area contributed by atoms with Crippen LogP contribution in [0.4, 0.5) is 0 Å². The largest absolute Gasteiger partial charge is 0.384 e. The van der Waals surface area contributed by atoms with E-state index in [0.29, 0.717) is 0 Å². The molecule has 18 heavy (non-hydrogen) atoms. The lowest BCUT2D eigenvalue weighted by molar-refractivity contribution is 0.0965. The minimum absolute atomic E-state index is 0.788. The van der Waals surface area contributed by atoms with E-state index in [1.54, 1.807) is 0 Å². The van der Waals surface area contributed by atoms with Crippen molar-refractivity contribution in [3.8, 4) is 0 Å². The lowest BCUT2D eigenvalue weighted by Crippen LogP contribution is -2.37. The van der Waals surface area contributed by atoms with Gasteiger partial charge in [-0.2, -0.15) is 0 Å². The van der Waals surface area contributed by atoms with Crippen LogP contribution in [0.15, 0.2) is 0 Å². The SMILES string of the molecule is CNC1CCCC1CCN1CCC(COC)CC1. The summed E-state index contributed by atoms with van der Waals surface area (Å²) in [6.45, 7) is 4.83. The highest BCUT2D eigenvalue weighted by Crippen LogP contribution is 2.29. The molecule has 2 atom stereocenters. The van der Waals surface area contributed by atoms with E-state index < -0.39 is 0 Å². The lowest BCUT2D eigenvalue weighted by Gasteiger charge is -2.32. The van der Waals surface area contributed by atoms with Crippen LogP contribution in [-0.2, 0) is 4.74 Å². The summed E-state index contributed by atoms with van der Waals surface area (Å²) in [5, 5.41) is 3.49. The number of ether oxygens (including phenoxy) is 1. The molecule has 2 aliphatic rings. The molecule has 0 aromatic rings. The quantitative estimate of drug-likeness (QED) is 0.786. The predicted octanol–water partition coefficient (Wildman–Crippen LogP) is 2.12. The Morgan fingerprint density at radius 1 is 1.17 bits per heavy atom. The molecular formula is C15H30N2O. The molecule has 0 bridgehead atoms. The van der Waals surface area contributed by atoms with Gasteiger partial charge in [0.05, 0.1) is 0 Å². The van der Waals surface area contributed by atoms with E-state index in [4.69, 9.17) is 4.74 Å². The van der Waals surface area contributed by atoms with E-state index in [1.807, 2.05) is 7.11 Å². The Balaban J connectivity index is 1.63. The van der Waals surface area contributed by atoms with Gasteiger partial charge in [-0.3, -0.25) is 0 Å². The molecule has 3 heteroatoms. The molecule has 1 N–H and O–H groups in total. The predicted molar refractivity (Wildman–Crippen MR) is 75.8 cm³/mol. The summed E-state index contributed by atoms with van der Waals surface area (Å²) in [6.07, 6.45) is 8.29. The summed E-state index contributed by atoms with van der Waals surface area (Å²) < 4.78 is 5.26. The lowest BCUT2D eigenvalue weighted by atomic mass is 9.95. The van der Waals surface area contributed by atoms with Gasteiger partial charge in [-0.15, -0.1) is 0 Å². The summed E-state index contributed by atoms with van der Waals surface area (Å²) >= 11 is 0. The molecule has 106 valence electrons. The number of hydrogen-bond donors (Lipinski definition) is 1. The van der Waals surface area contributed by atoms with Crippen LogP contribution >= 0.6 is 0 Å². The molecule has 0 radical (unpaired) electrons. The number of likely N-dealkylation sites (tertiary alicyclic amines) is 1. The van der Waals surface area contributed by atoms with Crippen molar-refractivity contribution in [2.75, 3.05) is 40.4 Å². The Kier molecular flexibility index (Phi) is 5.93. The molecular weight excluding hydrogens is 224 g/mol. The molecule has 0 spiro atoms. The molecule has 0 aromatic heterocycles. The zero-order valence-electron chi connectivity index (χ0n) is 12.2. The first-order valence-electron chi connectivity index (χ1n) is 7.72. The molecule has 1 saturated carbocycles. The number of hydrogen-bond acceptors (Lipinski definition) is 3. The van der Waals surface area contributed by atoms with Gasteiger partial charge in [0.15, 0.2) is 0 Å². The van der Waals surface area contributed by atoms with Crippen LogP contribution in [-0.4, -0.2) is 51.3 Å². The van der Waals surface area contributed by atoms with Gasteiger partial charge in [0.25, 0.3) is 0 Å². The van der Waals surface area contributed by atoms with Gasteiger partial charge >= 0.3 is 0 Å². The van der Waals surface area contributed by atoms with Crippen LogP contribution in [0.3, 0.4) is 0 Å². The summed E-state index contributed by atoms with van der Waals surface area (Å²) in [7, 11) is 3.95. The van der Waals surface area contributed by atoms with Gasteiger partial charge < -0.3 is 15.0 Å². The smallest absolute Gasteiger partial charge is 0.0491 e. The second-order valence-corrected chi connectivity index (χ2v) is 6.12. The van der Waals surface area contributed by atoms with Crippen molar-refractivity contribution in [2.24, 2.45) is 11.8 Å². The number of rotatable bonds is 6. The van der Waals surface area contributed by atoms with Crippen LogP contribution in [0.25, 0.3) is 0 Å². The number of piperidine rings is 1. The van der Waals surface area contributed by atoms with E-state index in [0.717, 1.165) is 24.5 Å². The fourth-order valence-electron chi connectivity index (χ4n) is 3.72. The molecule has 1 aliphatic heterocycles. The minimum atomic E-state index is 0.788. The average Bonchev–Trinajstić information content (AvgIpc) is 2.86. The first-order valence-corrected chi connectivity index (χ1v) is 7.72. The van der Waals surface area contributed by atoms with Crippen molar-refractivity contribution >= 4 is 0 Å². The van der Waals surface area contributed by atoms with Gasteiger partial charge in [0, 0.05) is 19.8 Å². The molecule has 2 fully saturated rings. The minimum Gasteiger partial charge on any atom is -0.384 e.